The molecular formula is C18H26N2O6S. The number of ether oxygens (including phenoxy) is 2. The summed E-state index contributed by atoms with van der Waals surface area (Å²) in [6.45, 7) is 10.3. The van der Waals surface area contributed by atoms with Gasteiger partial charge in [0.1, 0.15) is 22.2 Å². The maximum Gasteiger partial charge on any atom is 0.408 e. The number of esters is 2. The van der Waals surface area contributed by atoms with E-state index in [-0.39, 0.29) is 23.5 Å². The van der Waals surface area contributed by atoms with Gasteiger partial charge in [-0.25, -0.2) is 14.4 Å². The highest BCUT2D eigenvalue weighted by Gasteiger charge is 2.41. The quantitative estimate of drug-likeness (QED) is 0.735. The largest absolute Gasteiger partial charge is 0.465 e. The average Bonchev–Trinajstić information content (AvgIpc) is 2.76. The van der Waals surface area contributed by atoms with Crippen LogP contribution in [0.4, 0.5) is 9.80 Å². The molecule has 0 bridgehead atoms. The minimum atomic E-state index is -1.23. The molecule has 27 heavy (non-hydrogen) atoms. The van der Waals surface area contributed by atoms with Crippen LogP contribution in [0.25, 0.3) is 0 Å². The van der Waals surface area contributed by atoms with E-state index in [0.717, 1.165) is 16.2 Å². The Bertz CT molecular complexity index is 772. The minimum absolute atomic E-state index is 0.0127. The Kier molecular flexibility index (Phi) is 5.47. The van der Waals surface area contributed by atoms with Crippen molar-refractivity contribution in [3.8, 4) is 0 Å². The molecule has 150 valence electrons. The molecule has 3 N–H and O–H groups in total. The summed E-state index contributed by atoms with van der Waals surface area (Å²) in [6, 6.07) is -1.05. The number of amides is 1. The van der Waals surface area contributed by atoms with Crippen LogP contribution in [0.3, 0.4) is 0 Å². The molecule has 2 rings (SSSR count). The lowest BCUT2D eigenvalue weighted by molar-refractivity contribution is -0.161. The molecule has 8 nitrogen and oxygen atoms in total. The number of hydrogen-bond donors (Lipinski definition) is 2. The van der Waals surface area contributed by atoms with E-state index in [9.17, 15) is 19.5 Å². The molecule has 0 aromatic carbocycles. The van der Waals surface area contributed by atoms with Gasteiger partial charge in [-0.15, -0.1) is 11.3 Å². The van der Waals surface area contributed by atoms with Crippen molar-refractivity contribution in [3.05, 3.63) is 16.0 Å². The molecule has 0 fully saturated rings. The van der Waals surface area contributed by atoms with E-state index in [4.69, 9.17) is 15.2 Å². The number of thiophene rings is 1. The fourth-order valence-corrected chi connectivity index (χ4v) is 3.87. The van der Waals surface area contributed by atoms with Crippen LogP contribution in [0.1, 0.15) is 62.3 Å². The van der Waals surface area contributed by atoms with Crippen LogP contribution in [0, 0.1) is 0 Å². The Morgan fingerprint density at radius 1 is 1.11 bits per heavy atom. The van der Waals surface area contributed by atoms with Crippen molar-refractivity contribution in [2.24, 2.45) is 0 Å². The first-order chi connectivity index (χ1) is 12.2. The first-order valence-electron chi connectivity index (χ1n) is 8.55. The molecule has 0 aliphatic carbocycles. The highest BCUT2D eigenvalue weighted by atomic mass is 32.1. The smallest absolute Gasteiger partial charge is 0.408 e. The van der Waals surface area contributed by atoms with Crippen LogP contribution in [0.15, 0.2) is 0 Å². The summed E-state index contributed by atoms with van der Waals surface area (Å²) in [7, 11) is 0. The number of fused-ring (bicyclic) bond motifs is 1. The summed E-state index contributed by atoms with van der Waals surface area (Å²) in [4.78, 5) is 38.5. The normalized spacial score (nSPS) is 17.3. The third-order valence-electron chi connectivity index (χ3n) is 3.73. The van der Waals surface area contributed by atoms with Gasteiger partial charge in [0.15, 0.2) is 0 Å². The van der Waals surface area contributed by atoms with E-state index in [0.29, 0.717) is 10.4 Å². The van der Waals surface area contributed by atoms with E-state index in [1.165, 1.54) is 0 Å². The molecule has 0 saturated carbocycles. The summed E-state index contributed by atoms with van der Waals surface area (Å²) >= 11 is 1.14. The number of anilines is 1. The molecule has 1 atom stereocenters. The molecule has 1 aromatic rings. The molecule has 9 heteroatoms. The number of nitrogen functional groups attached to an aromatic ring is 1. The topological polar surface area (TPSA) is 119 Å². The average molecular weight is 398 g/mol. The number of carbonyl (C=O) groups is 3. The second-order valence-corrected chi connectivity index (χ2v) is 9.55. The Morgan fingerprint density at radius 3 is 2.15 bits per heavy atom. The molecule has 2 heterocycles. The van der Waals surface area contributed by atoms with Gasteiger partial charge in [-0.3, -0.25) is 4.90 Å². The second-order valence-electron chi connectivity index (χ2n) is 8.41. The monoisotopic (exact) mass is 398 g/mol. The number of nitrogens with two attached hydrogens (primary N) is 1. The fourth-order valence-electron chi connectivity index (χ4n) is 2.78. The number of carboxylic acid groups (broad SMARTS) is 1. The predicted molar refractivity (Wildman–Crippen MR) is 101 cm³/mol. The maximum atomic E-state index is 12.6. The van der Waals surface area contributed by atoms with E-state index < -0.39 is 35.3 Å². The Labute approximate surface area is 162 Å². The first kappa shape index (κ1) is 21.0. The van der Waals surface area contributed by atoms with Crippen molar-refractivity contribution in [1.29, 1.82) is 0 Å². The van der Waals surface area contributed by atoms with E-state index >= 15 is 0 Å². The zero-order valence-corrected chi connectivity index (χ0v) is 17.2. The molecule has 0 spiro atoms. The van der Waals surface area contributed by atoms with Crippen LogP contribution in [0.5, 0.6) is 0 Å². The van der Waals surface area contributed by atoms with Gasteiger partial charge in [0.25, 0.3) is 0 Å². The second kappa shape index (κ2) is 7.03. The lowest BCUT2D eigenvalue weighted by Crippen LogP contribution is -2.50. The van der Waals surface area contributed by atoms with Crippen molar-refractivity contribution in [3.63, 3.8) is 0 Å². The van der Waals surface area contributed by atoms with Crippen LogP contribution >= 0.6 is 11.3 Å². The fraction of sp³-hybridized carbons (Fsp3) is 0.611. The maximum absolute atomic E-state index is 12.6. The van der Waals surface area contributed by atoms with Crippen LogP contribution in [-0.2, 0) is 27.2 Å². The Hall–Kier alpha value is -2.29. The Balaban J connectivity index is 2.42. The molecule has 1 amide bonds. The lowest BCUT2D eigenvalue weighted by atomic mass is 9.96. The SMILES string of the molecule is CC(C)(C)OC(=O)c1c(N)sc2c1C[C@@H](C(=O)OC(C)(C)C)N(C(=O)O)C2. The zero-order chi connectivity index (χ0) is 20.7. The summed E-state index contributed by atoms with van der Waals surface area (Å²) < 4.78 is 10.8. The summed E-state index contributed by atoms with van der Waals surface area (Å²) in [5.41, 5.74) is 5.32. The highest BCUT2D eigenvalue weighted by molar-refractivity contribution is 7.16. The predicted octanol–water partition coefficient (Wildman–Crippen LogP) is 3.03. The van der Waals surface area contributed by atoms with E-state index in [1.54, 1.807) is 41.5 Å². The van der Waals surface area contributed by atoms with Crippen LogP contribution in [-0.4, -0.2) is 45.3 Å². The van der Waals surface area contributed by atoms with Gasteiger partial charge in [0.05, 0.1) is 12.1 Å². The molecular weight excluding hydrogens is 372 g/mol. The van der Waals surface area contributed by atoms with Crippen molar-refractivity contribution in [2.75, 3.05) is 5.73 Å². The summed E-state index contributed by atoms with van der Waals surface area (Å²) in [5.74, 6) is -1.24. The highest BCUT2D eigenvalue weighted by Crippen LogP contribution is 2.38. The van der Waals surface area contributed by atoms with Crippen molar-refractivity contribution >= 4 is 34.4 Å². The van der Waals surface area contributed by atoms with Gasteiger partial charge in [-0.05, 0) is 47.1 Å². The standard InChI is InChI=1S/C18H26N2O6S/c1-17(2,3)25-14(21)10-7-9-11(8-20(10)16(23)24)27-13(19)12(9)15(22)26-18(4,5)6/h10H,7-8,19H2,1-6H3,(H,23,24)/t10-/m0/s1. The van der Waals surface area contributed by atoms with Crippen LogP contribution in [0.2, 0.25) is 0 Å². The minimum Gasteiger partial charge on any atom is -0.465 e. The lowest BCUT2D eigenvalue weighted by Gasteiger charge is -2.34. The number of hydrogen-bond acceptors (Lipinski definition) is 7. The first-order valence-corrected chi connectivity index (χ1v) is 9.37. The molecule has 1 aliphatic rings. The van der Waals surface area contributed by atoms with E-state index in [1.807, 2.05) is 0 Å². The van der Waals surface area contributed by atoms with Crippen molar-refractivity contribution in [2.45, 2.75) is 71.8 Å². The summed E-state index contributed by atoms with van der Waals surface area (Å²) in [6.07, 6.45) is -1.22. The van der Waals surface area contributed by atoms with E-state index in [2.05, 4.69) is 0 Å². The Morgan fingerprint density at radius 2 is 1.67 bits per heavy atom. The van der Waals surface area contributed by atoms with Gasteiger partial charge in [-0.2, -0.15) is 0 Å². The molecule has 1 aromatic heterocycles. The number of rotatable bonds is 2. The van der Waals surface area contributed by atoms with Crippen molar-refractivity contribution in [1.82, 2.24) is 4.90 Å². The molecule has 0 saturated heterocycles. The molecule has 1 aliphatic heterocycles. The van der Waals surface area contributed by atoms with Crippen LogP contribution < -0.4 is 5.73 Å². The van der Waals surface area contributed by atoms with Gasteiger partial charge in [0.2, 0.25) is 0 Å². The molecule has 0 radical (unpaired) electrons. The third-order valence-corrected chi connectivity index (χ3v) is 4.78. The van der Waals surface area contributed by atoms with Gasteiger partial charge in [-0.1, -0.05) is 0 Å². The number of carbonyl (C=O) groups excluding carboxylic acids is 2. The zero-order valence-electron chi connectivity index (χ0n) is 16.4. The van der Waals surface area contributed by atoms with Gasteiger partial charge < -0.3 is 20.3 Å². The van der Waals surface area contributed by atoms with Gasteiger partial charge in [0, 0.05) is 11.3 Å². The molecule has 0 unspecified atom stereocenters. The third kappa shape index (κ3) is 4.91. The van der Waals surface area contributed by atoms with Crippen molar-refractivity contribution < 1.29 is 29.0 Å². The van der Waals surface area contributed by atoms with Gasteiger partial charge >= 0.3 is 18.0 Å². The summed E-state index contributed by atoms with van der Waals surface area (Å²) in [5, 5.41) is 9.77. The number of nitrogens with zero attached hydrogens (tertiary/aromatic N) is 1.